The zero-order valence-corrected chi connectivity index (χ0v) is 11.6. The summed E-state index contributed by atoms with van der Waals surface area (Å²) in [5.41, 5.74) is 4.14. The van der Waals surface area contributed by atoms with Crippen molar-refractivity contribution in [3.8, 4) is 5.75 Å². The van der Waals surface area contributed by atoms with Crippen molar-refractivity contribution < 1.29 is 14.6 Å². The van der Waals surface area contributed by atoms with E-state index in [2.05, 4.69) is 13.0 Å². The second-order valence-corrected chi connectivity index (χ2v) is 5.81. The number of carbonyl (C=O) groups is 1. The van der Waals surface area contributed by atoms with E-state index in [4.69, 9.17) is 4.74 Å². The lowest BCUT2D eigenvalue weighted by molar-refractivity contribution is -0.140. The molecule has 0 spiro atoms. The fourth-order valence-corrected chi connectivity index (χ4v) is 3.53. The van der Waals surface area contributed by atoms with Crippen molar-refractivity contribution in [1.29, 1.82) is 0 Å². The Balaban J connectivity index is 2.21. The molecular weight excluding hydrogens is 240 g/mol. The van der Waals surface area contributed by atoms with Gasteiger partial charge in [0.15, 0.2) is 0 Å². The number of benzene rings is 1. The van der Waals surface area contributed by atoms with Crippen molar-refractivity contribution in [1.82, 2.24) is 0 Å². The minimum Gasteiger partial charge on any atom is -0.496 e. The fourth-order valence-electron chi connectivity index (χ4n) is 3.53. The number of aryl methyl sites for hydroxylation is 1. The van der Waals surface area contributed by atoms with Gasteiger partial charge in [-0.1, -0.05) is 0 Å². The van der Waals surface area contributed by atoms with Crippen molar-refractivity contribution in [3.63, 3.8) is 0 Å². The summed E-state index contributed by atoms with van der Waals surface area (Å²) in [5, 5.41) is 9.55. The Labute approximate surface area is 113 Å². The second-order valence-electron chi connectivity index (χ2n) is 5.81. The highest BCUT2D eigenvalue weighted by molar-refractivity contribution is 5.87. The van der Waals surface area contributed by atoms with E-state index in [1.54, 1.807) is 7.11 Å². The number of carboxylic acid groups (broad SMARTS) is 1. The summed E-state index contributed by atoms with van der Waals surface area (Å²) >= 11 is 0. The molecule has 0 radical (unpaired) electrons. The average Bonchev–Trinajstić information content (AvgIpc) is 3.20. The fraction of sp³-hybridized carbons (Fsp3) is 0.562. The number of hydrogen-bond acceptors (Lipinski definition) is 2. The van der Waals surface area contributed by atoms with Gasteiger partial charge in [0.05, 0.1) is 12.5 Å². The van der Waals surface area contributed by atoms with Crippen LogP contribution in [-0.4, -0.2) is 18.2 Å². The lowest BCUT2D eigenvalue weighted by Gasteiger charge is -2.25. The van der Waals surface area contributed by atoms with E-state index >= 15 is 0 Å². The SMILES string of the molecule is COc1cc2c(c(C)c1C1(C(=O)O)CC1)CCCC2. The Bertz CT molecular complexity index is 541. The molecule has 19 heavy (non-hydrogen) atoms. The van der Waals surface area contributed by atoms with Crippen LogP contribution in [0.5, 0.6) is 5.75 Å². The van der Waals surface area contributed by atoms with Crippen LogP contribution >= 0.6 is 0 Å². The second kappa shape index (κ2) is 4.26. The Morgan fingerprint density at radius 3 is 2.58 bits per heavy atom. The van der Waals surface area contributed by atoms with Crippen molar-refractivity contribution in [2.24, 2.45) is 0 Å². The first-order valence-electron chi connectivity index (χ1n) is 7.03. The molecule has 0 amide bonds. The van der Waals surface area contributed by atoms with Crippen molar-refractivity contribution in [2.45, 2.75) is 50.9 Å². The third kappa shape index (κ3) is 1.75. The first-order chi connectivity index (χ1) is 9.10. The molecule has 0 unspecified atom stereocenters. The number of carboxylic acids is 1. The Hall–Kier alpha value is -1.51. The minimum absolute atomic E-state index is 0.679. The Morgan fingerprint density at radius 1 is 1.32 bits per heavy atom. The molecule has 3 rings (SSSR count). The number of ether oxygens (including phenoxy) is 1. The molecule has 1 fully saturated rings. The lowest BCUT2D eigenvalue weighted by atomic mass is 9.81. The predicted octanol–water partition coefficient (Wildman–Crippen LogP) is 3.00. The number of fused-ring (bicyclic) bond motifs is 1. The zero-order chi connectivity index (χ0) is 13.6. The van der Waals surface area contributed by atoms with Gasteiger partial charge in [-0.2, -0.15) is 0 Å². The maximum atomic E-state index is 11.6. The third-order valence-corrected chi connectivity index (χ3v) is 4.75. The van der Waals surface area contributed by atoms with Gasteiger partial charge in [0.25, 0.3) is 0 Å². The zero-order valence-electron chi connectivity index (χ0n) is 11.6. The number of aliphatic carboxylic acids is 1. The van der Waals surface area contributed by atoms with Crippen LogP contribution in [0.3, 0.4) is 0 Å². The summed E-state index contributed by atoms with van der Waals surface area (Å²) < 4.78 is 5.51. The number of rotatable bonds is 3. The van der Waals surface area contributed by atoms with Crippen molar-refractivity contribution >= 4 is 5.97 Å². The van der Waals surface area contributed by atoms with Crippen LogP contribution in [0.2, 0.25) is 0 Å². The normalized spacial score (nSPS) is 19.7. The van der Waals surface area contributed by atoms with Crippen LogP contribution in [-0.2, 0) is 23.1 Å². The summed E-state index contributed by atoms with van der Waals surface area (Å²) in [5.74, 6) is 0.0720. The third-order valence-electron chi connectivity index (χ3n) is 4.75. The molecule has 1 N–H and O–H groups in total. The quantitative estimate of drug-likeness (QED) is 0.908. The van der Waals surface area contributed by atoms with Gasteiger partial charge in [0.2, 0.25) is 0 Å². The van der Waals surface area contributed by atoms with Gasteiger partial charge in [-0.15, -0.1) is 0 Å². The molecule has 0 atom stereocenters. The highest BCUT2D eigenvalue weighted by atomic mass is 16.5. The molecule has 2 aliphatic rings. The van der Waals surface area contributed by atoms with Crippen LogP contribution in [0, 0.1) is 6.92 Å². The van der Waals surface area contributed by atoms with E-state index in [0.29, 0.717) is 0 Å². The number of hydrogen-bond donors (Lipinski definition) is 1. The molecule has 0 aliphatic heterocycles. The highest BCUT2D eigenvalue weighted by Crippen LogP contribution is 2.54. The van der Waals surface area contributed by atoms with Crippen LogP contribution in [0.4, 0.5) is 0 Å². The average molecular weight is 260 g/mol. The van der Waals surface area contributed by atoms with Gasteiger partial charge in [-0.25, -0.2) is 0 Å². The molecule has 1 saturated carbocycles. The lowest BCUT2D eigenvalue weighted by Crippen LogP contribution is -2.23. The van der Waals surface area contributed by atoms with Crippen LogP contribution < -0.4 is 4.74 Å². The van der Waals surface area contributed by atoms with Gasteiger partial charge in [0.1, 0.15) is 5.75 Å². The minimum atomic E-state index is -0.704. The molecule has 0 aromatic heterocycles. The van der Waals surface area contributed by atoms with Gasteiger partial charge >= 0.3 is 5.97 Å². The largest absolute Gasteiger partial charge is 0.496 e. The Kier molecular flexibility index (Phi) is 2.80. The first kappa shape index (κ1) is 12.5. The van der Waals surface area contributed by atoms with E-state index in [1.165, 1.54) is 24.0 Å². The van der Waals surface area contributed by atoms with E-state index < -0.39 is 11.4 Å². The van der Waals surface area contributed by atoms with Gasteiger partial charge in [-0.3, -0.25) is 4.79 Å². The molecule has 3 nitrogen and oxygen atoms in total. The molecule has 3 heteroatoms. The summed E-state index contributed by atoms with van der Waals surface area (Å²) in [6.45, 7) is 2.07. The van der Waals surface area contributed by atoms with Crippen LogP contribution in [0.15, 0.2) is 6.07 Å². The smallest absolute Gasteiger partial charge is 0.314 e. The summed E-state index contributed by atoms with van der Waals surface area (Å²) in [6.07, 6.45) is 6.07. The molecular formula is C16H20O3. The maximum absolute atomic E-state index is 11.6. The Morgan fingerprint density at radius 2 is 2.00 bits per heavy atom. The van der Waals surface area contributed by atoms with Crippen LogP contribution in [0.25, 0.3) is 0 Å². The van der Waals surface area contributed by atoms with Crippen molar-refractivity contribution in [2.75, 3.05) is 7.11 Å². The van der Waals surface area contributed by atoms with Gasteiger partial charge in [-0.05, 0) is 68.2 Å². The summed E-state index contributed by atoms with van der Waals surface area (Å²) in [4.78, 5) is 11.6. The summed E-state index contributed by atoms with van der Waals surface area (Å²) in [7, 11) is 1.64. The van der Waals surface area contributed by atoms with E-state index in [9.17, 15) is 9.90 Å². The van der Waals surface area contributed by atoms with E-state index in [0.717, 1.165) is 42.6 Å². The molecule has 0 heterocycles. The molecule has 0 saturated heterocycles. The topological polar surface area (TPSA) is 46.5 Å². The monoisotopic (exact) mass is 260 g/mol. The molecule has 1 aromatic carbocycles. The van der Waals surface area contributed by atoms with E-state index in [1.807, 2.05) is 0 Å². The van der Waals surface area contributed by atoms with E-state index in [-0.39, 0.29) is 0 Å². The van der Waals surface area contributed by atoms with Gasteiger partial charge < -0.3 is 9.84 Å². The molecule has 0 bridgehead atoms. The molecule has 102 valence electrons. The molecule has 2 aliphatic carbocycles. The summed E-state index contributed by atoms with van der Waals surface area (Å²) in [6, 6.07) is 2.08. The van der Waals surface area contributed by atoms with Crippen molar-refractivity contribution in [3.05, 3.63) is 28.3 Å². The van der Waals surface area contributed by atoms with Gasteiger partial charge in [0, 0.05) is 5.56 Å². The van der Waals surface area contributed by atoms with Crippen LogP contribution in [0.1, 0.15) is 47.9 Å². The molecule has 1 aromatic rings. The highest BCUT2D eigenvalue weighted by Gasteiger charge is 2.54. The number of methoxy groups -OCH3 is 1. The first-order valence-corrected chi connectivity index (χ1v) is 7.03. The predicted molar refractivity (Wildman–Crippen MR) is 72.9 cm³/mol. The standard InChI is InChI=1S/C16H20O3/c1-10-12-6-4-3-5-11(12)9-13(19-2)14(10)16(7-8-16)15(17)18/h9H,3-8H2,1-2H3,(H,17,18). The maximum Gasteiger partial charge on any atom is 0.314 e.